The fourth-order valence-corrected chi connectivity index (χ4v) is 4.08. The summed E-state index contributed by atoms with van der Waals surface area (Å²) in [6.07, 6.45) is 4.16. The van der Waals surface area contributed by atoms with Gasteiger partial charge in [0, 0.05) is 0 Å². The van der Waals surface area contributed by atoms with Gasteiger partial charge in [-0.15, -0.1) is 0 Å². The SMILES string of the molecule is CC.CC(C)C1(C)CC(C)(C)CC(C)(C)C1. The Morgan fingerprint density at radius 3 is 1.25 bits per heavy atom. The van der Waals surface area contributed by atoms with Crippen LogP contribution in [-0.2, 0) is 0 Å². The van der Waals surface area contributed by atoms with Crippen molar-refractivity contribution in [2.75, 3.05) is 0 Å². The highest BCUT2D eigenvalue weighted by Gasteiger charge is 2.45. The summed E-state index contributed by atoms with van der Waals surface area (Å²) in [6.45, 7) is 21.0. The minimum Gasteiger partial charge on any atom is -0.0683 e. The van der Waals surface area contributed by atoms with Gasteiger partial charge in [0.2, 0.25) is 0 Å². The molecule has 16 heavy (non-hydrogen) atoms. The zero-order valence-electron chi connectivity index (χ0n) is 13.2. The lowest BCUT2D eigenvalue weighted by Crippen LogP contribution is -2.42. The second-order valence-electron chi connectivity index (χ2n) is 7.67. The van der Waals surface area contributed by atoms with E-state index >= 15 is 0 Å². The van der Waals surface area contributed by atoms with Crippen molar-refractivity contribution < 1.29 is 0 Å². The van der Waals surface area contributed by atoms with Crippen molar-refractivity contribution >= 4 is 0 Å². The first-order valence-corrected chi connectivity index (χ1v) is 7.06. The van der Waals surface area contributed by atoms with Crippen LogP contribution in [-0.4, -0.2) is 0 Å². The maximum atomic E-state index is 2.49. The van der Waals surface area contributed by atoms with Crippen molar-refractivity contribution in [1.82, 2.24) is 0 Å². The maximum absolute atomic E-state index is 2.49. The smallest absolute Gasteiger partial charge is 0.0293 e. The standard InChI is InChI=1S/C14H28.C2H6/c1-11(2)14(7)9-12(3,4)8-13(5,6)10-14;1-2/h11H,8-10H2,1-7H3;1-2H3. The summed E-state index contributed by atoms with van der Waals surface area (Å²) in [5, 5.41) is 0. The van der Waals surface area contributed by atoms with Crippen LogP contribution in [0.25, 0.3) is 0 Å². The van der Waals surface area contributed by atoms with E-state index in [0.29, 0.717) is 16.2 Å². The second kappa shape index (κ2) is 5.10. The van der Waals surface area contributed by atoms with Gasteiger partial charge < -0.3 is 0 Å². The van der Waals surface area contributed by atoms with E-state index in [1.165, 1.54) is 19.3 Å². The zero-order chi connectivity index (χ0) is 13.2. The summed E-state index contributed by atoms with van der Waals surface area (Å²) in [7, 11) is 0. The molecule has 0 spiro atoms. The van der Waals surface area contributed by atoms with Crippen LogP contribution in [0.3, 0.4) is 0 Å². The molecule has 1 rings (SSSR count). The number of hydrogen-bond donors (Lipinski definition) is 0. The molecule has 0 aliphatic heterocycles. The normalized spacial score (nSPS) is 25.9. The van der Waals surface area contributed by atoms with Crippen LogP contribution in [0, 0.1) is 22.2 Å². The highest BCUT2D eigenvalue weighted by molar-refractivity contribution is 4.96. The van der Waals surface area contributed by atoms with Crippen LogP contribution in [0.5, 0.6) is 0 Å². The topological polar surface area (TPSA) is 0 Å². The predicted octanol–water partition coefficient (Wildman–Crippen LogP) is 5.91. The van der Waals surface area contributed by atoms with E-state index in [9.17, 15) is 0 Å². The van der Waals surface area contributed by atoms with Crippen molar-refractivity contribution in [1.29, 1.82) is 0 Å². The Kier molecular flexibility index (Phi) is 5.10. The molecule has 0 nitrogen and oxygen atoms in total. The van der Waals surface area contributed by atoms with E-state index in [1.807, 2.05) is 13.8 Å². The van der Waals surface area contributed by atoms with E-state index in [4.69, 9.17) is 0 Å². The Bertz CT molecular complexity index is 192. The monoisotopic (exact) mass is 226 g/mol. The molecule has 0 N–H and O–H groups in total. The molecule has 1 aliphatic rings. The zero-order valence-corrected chi connectivity index (χ0v) is 13.2. The molecule has 0 bridgehead atoms. The summed E-state index contributed by atoms with van der Waals surface area (Å²) >= 11 is 0. The van der Waals surface area contributed by atoms with Crippen LogP contribution in [0.4, 0.5) is 0 Å². The minimum absolute atomic E-state index is 0.529. The first kappa shape index (κ1) is 16.0. The van der Waals surface area contributed by atoms with Gasteiger partial charge in [-0.3, -0.25) is 0 Å². The van der Waals surface area contributed by atoms with Gasteiger partial charge in [0.05, 0.1) is 0 Å². The molecule has 0 unspecified atom stereocenters. The summed E-state index contributed by atoms with van der Waals surface area (Å²) in [5.74, 6) is 0.807. The molecule has 1 fully saturated rings. The molecule has 0 heteroatoms. The second-order valence-corrected chi connectivity index (χ2v) is 7.67. The molecular weight excluding hydrogens is 192 g/mol. The molecule has 0 aromatic heterocycles. The Morgan fingerprint density at radius 1 is 0.688 bits per heavy atom. The van der Waals surface area contributed by atoms with Gasteiger partial charge in [0.1, 0.15) is 0 Å². The van der Waals surface area contributed by atoms with Crippen molar-refractivity contribution in [3.63, 3.8) is 0 Å². The lowest BCUT2D eigenvalue weighted by Gasteiger charge is -2.52. The van der Waals surface area contributed by atoms with Gasteiger partial charge in [-0.2, -0.15) is 0 Å². The fraction of sp³-hybridized carbons (Fsp3) is 1.00. The van der Waals surface area contributed by atoms with E-state index < -0.39 is 0 Å². The quantitative estimate of drug-likeness (QED) is 0.521. The lowest BCUT2D eigenvalue weighted by molar-refractivity contribution is -0.0192. The van der Waals surface area contributed by atoms with Crippen molar-refractivity contribution in [2.45, 2.75) is 81.6 Å². The third-order valence-electron chi connectivity index (χ3n) is 4.12. The molecular formula is C16H34. The van der Waals surface area contributed by atoms with Gasteiger partial charge in [0.25, 0.3) is 0 Å². The van der Waals surface area contributed by atoms with Gasteiger partial charge in [-0.1, -0.05) is 62.3 Å². The average molecular weight is 226 g/mol. The average Bonchev–Trinajstić information content (AvgIpc) is 2.00. The van der Waals surface area contributed by atoms with Gasteiger partial charge >= 0.3 is 0 Å². The molecule has 0 aromatic rings. The summed E-state index contributed by atoms with van der Waals surface area (Å²) in [4.78, 5) is 0. The summed E-state index contributed by atoms with van der Waals surface area (Å²) in [5.41, 5.74) is 1.60. The first-order valence-electron chi connectivity index (χ1n) is 7.06. The highest BCUT2D eigenvalue weighted by Crippen LogP contribution is 2.56. The Morgan fingerprint density at radius 2 is 1.00 bits per heavy atom. The third kappa shape index (κ3) is 4.11. The van der Waals surface area contributed by atoms with E-state index in [2.05, 4.69) is 48.5 Å². The van der Waals surface area contributed by atoms with Crippen molar-refractivity contribution in [3.05, 3.63) is 0 Å². The Hall–Kier alpha value is 0. The van der Waals surface area contributed by atoms with Gasteiger partial charge in [0.15, 0.2) is 0 Å². The van der Waals surface area contributed by atoms with Crippen LogP contribution in [0.1, 0.15) is 81.6 Å². The minimum atomic E-state index is 0.529. The molecule has 0 amide bonds. The van der Waals surface area contributed by atoms with E-state index in [1.54, 1.807) is 0 Å². The van der Waals surface area contributed by atoms with E-state index in [0.717, 1.165) is 5.92 Å². The lowest BCUT2D eigenvalue weighted by atomic mass is 9.53. The molecule has 0 atom stereocenters. The number of hydrogen-bond acceptors (Lipinski definition) is 0. The van der Waals surface area contributed by atoms with Crippen LogP contribution >= 0.6 is 0 Å². The van der Waals surface area contributed by atoms with Crippen molar-refractivity contribution in [2.24, 2.45) is 22.2 Å². The Labute approximate surface area is 104 Å². The molecule has 0 saturated heterocycles. The fourth-order valence-electron chi connectivity index (χ4n) is 4.08. The third-order valence-corrected chi connectivity index (χ3v) is 4.12. The maximum Gasteiger partial charge on any atom is -0.0293 e. The van der Waals surface area contributed by atoms with Crippen LogP contribution < -0.4 is 0 Å². The molecule has 0 aromatic carbocycles. The molecule has 0 radical (unpaired) electrons. The first-order chi connectivity index (χ1) is 7.06. The molecule has 1 aliphatic carbocycles. The molecule has 98 valence electrons. The van der Waals surface area contributed by atoms with Crippen molar-refractivity contribution in [3.8, 4) is 0 Å². The van der Waals surface area contributed by atoms with Gasteiger partial charge in [-0.05, 0) is 41.4 Å². The van der Waals surface area contributed by atoms with E-state index in [-0.39, 0.29) is 0 Å². The predicted molar refractivity (Wildman–Crippen MR) is 75.7 cm³/mol. The van der Waals surface area contributed by atoms with Gasteiger partial charge in [-0.25, -0.2) is 0 Å². The molecule has 1 saturated carbocycles. The summed E-state index contributed by atoms with van der Waals surface area (Å²) in [6, 6.07) is 0. The number of rotatable bonds is 1. The highest BCUT2D eigenvalue weighted by atomic mass is 14.5. The largest absolute Gasteiger partial charge is 0.0683 e. The van der Waals surface area contributed by atoms with Crippen LogP contribution in [0.2, 0.25) is 0 Å². The summed E-state index contributed by atoms with van der Waals surface area (Å²) < 4.78 is 0. The van der Waals surface area contributed by atoms with Crippen LogP contribution in [0.15, 0.2) is 0 Å². The Balaban J connectivity index is 0.00000106. The molecule has 0 heterocycles.